The average Bonchev–Trinajstić information content (AvgIpc) is 2.66. The quantitative estimate of drug-likeness (QED) is 0.411. The van der Waals surface area contributed by atoms with Gasteiger partial charge in [-0.15, -0.1) is 0 Å². The monoisotopic (exact) mass is 341 g/mol. The van der Waals surface area contributed by atoms with Gasteiger partial charge in [0, 0.05) is 0 Å². The van der Waals surface area contributed by atoms with Crippen LogP contribution >= 0.6 is 0 Å². The smallest absolute Gasteiger partial charge is 0.119 e. The van der Waals surface area contributed by atoms with Crippen LogP contribution in [0.3, 0.4) is 0 Å². The van der Waals surface area contributed by atoms with Gasteiger partial charge in [-0.3, -0.25) is 0 Å². The number of nitriles is 1. The molecule has 0 amide bonds. The van der Waals surface area contributed by atoms with E-state index in [-0.39, 0.29) is 0 Å². The molecule has 0 bridgehead atoms. The summed E-state index contributed by atoms with van der Waals surface area (Å²) in [6.45, 7) is 3.08. The zero-order valence-corrected chi connectivity index (χ0v) is 16.0. The summed E-state index contributed by atoms with van der Waals surface area (Å²) in [5, 5.41) is 8.80. The van der Waals surface area contributed by atoms with E-state index in [1.54, 1.807) is 0 Å². The molecule has 0 aliphatic heterocycles. The van der Waals surface area contributed by atoms with Gasteiger partial charge in [-0.2, -0.15) is 5.26 Å². The molecule has 0 unspecified atom stereocenters. The molecule has 138 valence electrons. The van der Waals surface area contributed by atoms with Gasteiger partial charge in [0.1, 0.15) is 5.75 Å². The highest BCUT2D eigenvalue weighted by molar-refractivity contribution is 5.34. The zero-order valence-electron chi connectivity index (χ0n) is 16.0. The van der Waals surface area contributed by atoms with Crippen molar-refractivity contribution >= 4 is 0 Å². The van der Waals surface area contributed by atoms with E-state index in [2.05, 4.69) is 13.0 Å². The normalized spacial score (nSPS) is 20.2. The average molecular weight is 342 g/mol. The summed E-state index contributed by atoms with van der Waals surface area (Å²) in [6.07, 6.45) is 16.8. The minimum atomic E-state index is 0.689. The van der Waals surface area contributed by atoms with Crippen molar-refractivity contribution in [3.63, 3.8) is 0 Å². The molecule has 0 spiro atoms. The third-order valence-electron chi connectivity index (χ3n) is 5.69. The highest BCUT2D eigenvalue weighted by atomic mass is 16.5. The fourth-order valence-corrected chi connectivity index (χ4v) is 4.03. The van der Waals surface area contributed by atoms with Gasteiger partial charge in [0.05, 0.1) is 18.2 Å². The van der Waals surface area contributed by atoms with Crippen molar-refractivity contribution < 1.29 is 4.74 Å². The number of hydrogen-bond donors (Lipinski definition) is 0. The van der Waals surface area contributed by atoms with Gasteiger partial charge in [-0.25, -0.2) is 0 Å². The van der Waals surface area contributed by atoms with Gasteiger partial charge in [0.25, 0.3) is 0 Å². The van der Waals surface area contributed by atoms with Crippen molar-refractivity contribution in [3.8, 4) is 11.8 Å². The molecule has 1 aliphatic rings. The molecule has 0 aromatic heterocycles. The minimum absolute atomic E-state index is 0.689. The number of nitrogens with zero attached hydrogens (tertiary/aromatic N) is 1. The van der Waals surface area contributed by atoms with E-state index in [4.69, 9.17) is 10.00 Å². The lowest BCUT2D eigenvalue weighted by molar-refractivity contribution is 0.228. The Morgan fingerprint density at radius 1 is 0.880 bits per heavy atom. The van der Waals surface area contributed by atoms with Gasteiger partial charge in [0.15, 0.2) is 0 Å². The molecule has 0 saturated heterocycles. The zero-order chi connectivity index (χ0) is 17.7. The number of ether oxygens (including phenoxy) is 1. The molecule has 2 nitrogen and oxygen atoms in total. The van der Waals surface area contributed by atoms with Crippen LogP contribution in [-0.4, -0.2) is 6.61 Å². The van der Waals surface area contributed by atoms with E-state index in [9.17, 15) is 0 Å². The maximum absolute atomic E-state index is 8.80. The van der Waals surface area contributed by atoms with Crippen LogP contribution in [-0.2, 0) is 0 Å². The van der Waals surface area contributed by atoms with Crippen LogP contribution in [0.25, 0.3) is 0 Å². The summed E-state index contributed by atoms with van der Waals surface area (Å²) in [5.41, 5.74) is 0.689. The summed E-state index contributed by atoms with van der Waals surface area (Å²) in [7, 11) is 0. The van der Waals surface area contributed by atoms with E-state index in [0.717, 1.165) is 30.6 Å². The third-order valence-corrected chi connectivity index (χ3v) is 5.69. The Hall–Kier alpha value is -1.49. The van der Waals surface area contributed by atoms with Gasteiger partial charge in [0.2, 0.25) is 0 Å². The standard InChI is InChI=1S/C23H35NO/c1-2-3-4-5-6-8-20-10-12-21(13-11-20)9-7-18-25-23-16-14-22(19-24)15-17-23/h14-17,20-21H,2-13,18H2,1H3. The highest BCUT2D eigenvalue weighted by Gasteiger charge is 2.20. The van der Waals surface area contributed by atoms with Crippen molar-refractivity contribution in [1.29, 1.82) is 5.26 Å². The summed E-state index contributed by atoms with van der Waals surface area (Å²) in [6, 6.07) is 9.56. The van der Waals surface area contributed by atoms with Gasteiger partial charge < -0.3 is 4.74 Å². The fraction of sp³-hybridized carbons (Fsp3) is 0.696. The second-order valence-electron chi connectivity index (χ2n) is 7.72. The fourth-order valence-electron chi connectivity index (χ4n) is 4.03. The van der Waals surface area contributed by atoms with E-state index in [1.165, 1.54) is 70.6 Å². The molecule has 1 aliphatic carbocycles. The van der Waals surface area contributed by atoms with Crippen LogP contribution in [0.15, 0.2) is 24.3 Å². The van der Waals surface area contributed by atoms with Crippen LogP contribution < -0.4 is 4.74 Å². The maximum atomic E-state index is 8.80. The third kappa shape index (κ3) is 7.95. The van der Waals surface area contributed by atoms with Crippen LogP contribution in [0.2, 0.25) is 0 Å². The summed E-state index contributed by atoms with van der Waals surface area (Å²) in [4.78, 5) is 0. The molecule has 2 rings (SSSR count). The Morgan fingerprint density at radius 2 is 1.48 bits per heavy atom. The van der Waals surface area contributed by atoms with Crippen LogP contribution in [0, 0.1) is 23.2 Å². The van der Waals surface area contributed by atoms with Gasteiger partial charge in [-0.05, 0) is 48.9 Å². The van der Waals surface area contributed by atoms with Gasteiger partial charge >= 0.3 is 0 Å². The Labute approximate surface area is 154 Å². The Morgan fingerprint density at radius 3 is 2.08 bits per heavy atom. The van der Waals surface area contributed by atoms with Crippen molar-refractivity contribution in [2.24, 2.45) is 11.8 Å². The molecule has 1 saturated carbocycles. The Bertz CT molecular complexity index is 494. The van der Waals surface area contributed by atoms with E-state index in [1.807, 2.05) is 24.3 Å². The molecule has 0 heterocycles. The topological polar surface area (TPSA) is 33.0 Å². The number of benzene rings is 1. The Kier molecular flexibility index (Phi) is 9.49. The number of rotatable bonds is 11. The van der Waals surface area contributed by atoms with E-state index >= 15 is 0 Å². The SMILES string of the molecule is CCCCCCCC1CCC(CCCOc2ccc(C#N)cc2)CC1. The number of unbranched alkanes of at least 4 members (excludes halogenated alkanes) is 4. The lowest BCUT2D eigenvalue weighted by Crippen LogP contribution is -2.15. The first kappa shape index (κ1) is 19.8. The first-order valence-corrected chi connectivity index (χ1v) is 10.4. The number of hydrogen-bond acceptors (Lipinski definition) is 2. The molecular weight excluding hydrogens is 306 g/mol. The summed E-state index contributed by atoms with van der Waals surface area (Å²) in [5.74, 6) is 2.81. The minimum Gasteiger partial charge on any atom is -0.494 e. The first-order valence-electron chi connectivity index (χ1n) is 10.4. The molecule has 25 heavy (non-hydrogen) atoms. The van der Waals surface area contributed by atoms with Crippen molar-refractivity contribution in [1.82, 2.24) is 0 Å². The maximum Gasteiger partial charge on any atom is 0.119 e. The molecule has 2 heteroatoms. The lowest BCUT2D eigenvalue weighted by atomic mass is 9.78. The molecule has 0 atom stereocenters. The molecule has 1 fully saturated rings. The van der Waals surface area contributed by atoms with E-state index in [0.29, 0.717) is 5.56 Å². The molecule has 1 aromatic rings. The molecule has 1 aromatic carbocycles. The Balaban J connectivity index is 1.50. The largest absolute Gasteiger partial charge is 0.494 e. The summed E-state index contributed by atoms with van der Waals surface area (Å²) < 4.78 is 5.79. The second kappa shape index (κ2) is 12.0. The molecule has 0 radical (unpaired) electrons. The predicted octanol–water partition coefficient (Wildman–Crippen LogP) is 6.88. The van der Waals surface area contributed by atoms with Gasteiger partial charge in [-0.1, -0.05) is 71.1 Å². The lowest BCUT2D eigenvalue weighted by Gasteiger charge is -2.28. The molecular formula is C23H35NO. The second-order valence-corrected chi connectivity index (χ2v) is 7.72. The predicted molar refractivity (Wildman–Crippen MR) is 105 cm³/mol. The first-order chi connectivity index (χ1) is 12.3. The van der Waals surface area contributed by atoms with Crippen LogP contribution in [0.5, 0.6) is 5.75 Å². The summed E-state index contributed by atoms with van der Waals surface area (Å²) >= 11 is 0. The van der Waals surface area contributed by atoms with Crippen LogP contribution in [0.1, 0.15) is 89.5 Å². The van der Waals surface area contributed by atoms with Crippen molar-refractivity contribution in [3.05, 3.63) is 29.8 Å². The molecule has 0 N–H and O–H groups in total. The van der Waals surface area contributed by atoms with Crippen molar-refractivity contribution in [2.45, 2.75) is 84.0 Å². The van der Waals surface area contributed by atoms with E-state index < -0.39 is 0 Å². The van der Waals surface area contributed by atoms with Crippen molar-refractivity contribution in [2.75, 3.05) is 6.61 Å². The highest BCUT2D eigenvalue weighted by Crippen LogP contribution is 2.34. The van der Waals surface area contributed by atoms with Crippen LogP contribution in [0.4, 0.5) is 0 Å².